The number of anilines is 1. The fourth-order valence-corrected chi connectivity index (χ4v) is 2.64. The van der Waals surface area contributed by atoms with Crippen molar-refractivity contribution in [1.82, 2.24) is 5.32 Å². The average molecular weight is 302 g/mol. The van der Waals surface area contributed by atoms with Crippen LogP contribution in [0.4, 0.5) is 5.69 Å². The number of guanidine groups is 1. The van der Waals surface area contributed by atoms with E-state index in [1.54, 1.807) is 11.3 Å². The number of benzene rings is 1. The molecule has 0 aliphatic carbocycles. The van der Waals surface area contributed by atoms with E-state index in [1.165, 1.54) is 10.6 Å². The topological polar surface area (TPSA) is 53.6 Å². The van der Waals surface area contributed by atoms with Crippen molar-refractivity contribution < 1.29 is 0 Å². The molecule has 1 aromatic heterocycles. The van der Waals surface area contributed by atoms with E-state index < -0.39 is 0 Å². The summed E-state index contributed by atoms with van der Waals surface area (Å²) in [4.78, 5) is 7.82. The number of rotatable bonds is 6. The van der Waals surface area contributed by atoms with Crippen LogP contribution in [0, 0.1) is 0 Å². The lowest BCUT2D eigenvalue weighted by atomic mass is 10.2. The smallest absolute Gasteiger partial charge is 0.188 e. The molecular weight excluding hydrogens is 280 g/mol. The van der Waals surface area contributed by atoms with E-state index in [0.717, 1.165) is 18.5 Å². The van der Waals surface area contributed by atoms with Crippen molar-refractivity contribution in [2.24, 2.45) is 10.7 Å². The summed E-state index contributed by atoms with van der Waals surface area (Å²) in [6.07, 6.45) is 0.976. The van der Waals surface area contributed by atoms with Gasteiger partial charge in [-0.05, 0) is 35.6 Å². The fourth-order valence-electron chi connectivity index (χ4n) is 1.93. The van der Waals surface area contributed by atoms with Gasteiger partial charge in [-0.1, -0.05) is 18.2 Å². The first-order valence-electron chi connectivity index (χ1n) is 6.97. The maximum absolute atomic E-state index is 5.89. The first kappa shape index (κ1) is 15.4. The van der Waals surface area contributed by atoms with Gasteiger partial charge in [-0.3, -0.25) is 0 Å². The molecule has 2 rings (SSSR count). The number of hydrogen-bond acceptors (Lipinski definition) is 3. The number of nitrogens with one attached hydrogen (secondary N) is 1. The molecule has 0 spiro atoms. The summed E-state index contributed by atoms with van der Waals surface area (Å²) >= 11 is 1.76. The summed E-state index contributed by atoms with van der Waals surface area (Å²) in [6, 6.07) is 12.5. The van der Waals surface area contributed by atoms with Crippen molar-refractivity contribution in [1.29, 1.82) is 0 Å². The second kappa shape index (κ2) is 7.69. The number of hydrogen-bond donors (Lipinski definition) is 2. The first-order chi connectivity index (χ1) is 10.1. The SMILES string of the molecule is CN(C)c1cccc(CN=C(N)NCCc2cccs2)c1. The molecule has 5 heteroatoms. The van der Waals surface area contributed by atoms with Crippen LogP contribution in [0.5, 0.6) is 0 Å². The Morgan fingerprint density at radius 2 is 2.14 bits per heavy atom. The van der Waals surface area contributed by atoms with Gasteiger partial charge in [0.05, 0.1) is 6.54 Å². The molecule has 21 heavy (non-hydrogen) atoms. The van der Waals surface area contributed by atoms with Crippen LogP contribution in [-0.4, -0.2) is 26.6 Å². The highest BCUT2D eigenvalue weighted by atomic mass is 32.1. The second-order valence-corrected chi connectivity index (χ2v) is 6.05. The average Bonchev–Trinajstić information content (AvgIpc) is 2.99. The molecule has 4 nitrogen and oxygen atoms in total. The Morgan fingerprint density at radius 1 is 1.29 bits per heavy atom. The van der Waals surface area contributed by atoms with Crippen LogP contribution in [0.25, 0.3) is 0 Å². The molecule has 0 radical (unpaired) electrons. The minimum absolute atomic E-state index is 0.502. The molecule has 3 N–H and O–H groups in total. The predicted octanol–water partition coefficient (Wildman–Crippen LogP) is 2.46. The molecule has 0 saturated heterocycles. The quantitative estimate of drug-likeness (QED) is 0.636. The third kappa shape index (κ3) is 5.11. The van der Waals surface area contributed by atoms with E-state index in [2.05, 4.69) is 50.9 Å². The highest BCUT2D eigenvalue weighted by Gasteiger charge is 1.98. The normalized spacial score (nSPS) is 11.4. The number of nitrogens with two attached hydrogens (primary N) is 1. The van der Waals surface area contributed by atoms with Crippen LogP contribution in [0.1, 0.15) is 10.4 Å². The van der Waals surface area contributed by atoms with Crippen LogP contribution in [0.15, 0.2) is 46.8 Å². The van der Waals surface area contributed by atoms with Gasteiger partial charge in [-0.25, -0.2) is 4.99 Å². The summed E-state index contributed by atoms with van der Waals surface area (Å²) < 4.78 is 0. The lowest BCUT2D eigenvalue weighted by molar-refractivity contribution is 0.857. The molecule has 0 fully saturated rings. The zero-order valence-corrected chi connectivity index (χ0v) is 13.4. The standard InChI is InChI=1S/C16H22N4S/c1-20(2)14-6-3-5-13(11-14)12-19-16(17)18-9-8-15-7-4-10-21-15/h3-7,10-11H,8-9,12H2,1-2H3,(H3,17,18,19). The number of nitrogens with zero attached hydrogens (tertiary/aromatic N) is 2. The highest BCUT2D eigenvalue weighted by molar-refractivity contribution is 7.09. The van der Waals surface area contributed by atoms with E-state index >= 15 is 0 Å². The van der Waals surface area contributed by atoms with Crippen LogP contribution in [-0.2, 0) is 13.0 Å². The van der Waals surface area contributed by atoms with E-state index in [-0.39, 0.29) is 0 Å². The fraction of sp³-hybridized carbons (Fsp3) is 0.312. The first-order valence-corrected chi connectivity index (χ1v) is 7.85. The largest absolute Gasteiger partial charge is 0.378 e. The van der Waals surface area contributed by atoms with Crippen molar-refractivity contribution in [3.63, 3.8) is 0 Å². The zero-order valence-electron chi connectivity index (χ0n) is 12.5. The molecule has 0 aliphatic rings. The van der Waals surface area contributed by atoms with Crippen LogP contribution in [0.2, 0.25) is 0 Å². The molecule has 0 saturated carbocycles. The van der Waals surface area contributed by atoms with E-state index in [0.29, 0.717) is 12.5 Å². The van der Waals surface area contributed by atoms with Gasteiger partial charge >= 0.3 is 0 Å². The molecule has 0 aliphatic heterocycles. The molecular formula is C16H22N4S. The van der Waals surface area contributed by atoms with Gasteiger partial charge in [0, 0.05) is 31.2 Å². The van der Waals surface area contributed by atoms with Crippen LogP contribution < -0.4 is 16.0 Å². The minimum Gasteiger partial charge on any atom is -0.378 e. The summed E-state index contributed by atoms with van der Waals surface area (Å²) in [6.45, 7) is 1.41. The Kier molecular flexibility index (Phi) is 5.63. The van der Waals surface area contributed by atoms with Gasteiger partial charge in [-0.2, -0.15) is 0 Å². The lowest BCUT2D eigenvalue weighted by Gasteiger charge is -2.13. The molecule has 112 valence electrons. The van der Waals surface area contributed by atoms with E-state index in [1.807, 2.05) is 20.2 Å². The van der Waals surface area contributed by atoms with Crippen LogP contribution in [0.3, 0.4) is 0 Å². The van der Waals surface area contributed by atoms with Gasteiger partial charge in [0.15, 0.2) is 5.96 Å². The molecule has 0 amide bonds. The van der Waals surface area contributed by atoms with Gasteiger partial charge < -0.3 is 16.0 Å². The van der Waals surface area contributed by atoms with Gasteiger partial charge in [0.1, 0.15) is 0 Å². The Bertz CT molecular complexity index is 576. The minimum atomic E-state index is 0.502. The highest BCUT2D eigenvalue weighted by Crippen LogP contribution is 2.13. The molecule has 2 aromatic rings. The van der Waals surface area contributed by atoms with Crippen LogP contribution >= 0.6 is 11.3 Å². The third-order valence-corrected chi connectivity index (χ3v) is 4.05. The second-order valence-electron chi connectivity index (χ2n) is 5.02. The van der Waals surface area contributed by atoms with Gasteiger partial charge in [0.25, 0.3) is 0 Å². The molecule has 1 heterocycles. The summed E-state index contributed by atoms with van der Waals surface area (Å²) in [7, 11) is 4.06. The Balaban J connectivity index is 1.81. The van der Waals surface area contributed by atoms with E-state index in [9.17, 15) is 0 Å². The van der Waals surface area contributed by atoms with Crippen molar-refractivity contribution in [2.75, 3.05) is 25.5 Å². The van der Waals surface area contributed by atoms with Gasteiger partial charge in [0.2, 0.25) is 0 Å². The molecule has 1 aromatic carbocycles. The van der Waals surface area contributed by atoms with Crippen molar-refractivity contribution in [3.8, 4) is 0 Å². The summed E-state index contributed by atoms with van der Waals surface area (Å²) in [5, 5.41) is 5.24. The third-order valence-electron chi connectivity index (χ3n) is 3.12. The summed E-state index contributed by atoms with van der Waals surface area (Å²) in [5.41, 5.74) is 8.22. The Morgan fingerprint density at radius 3 is 2.86 bits per heavy atom. The van der Waals surface area contributed by atoms with Gasteiger partial charge in [-0.15, -0.1) is 11.3 Å². The van der Waals surface area contributed by atoms with Crippen molar-refractivity contribution in [3.05, 3.63) is 52.2 Å². The molecule has 0 bridgehead atoms. The monoisotopic (exact) mass is 302 g/mol. The maximum atomic E-state index is 5.89. The number of thiophene rings is 1. The van der Waals surface area contributed by atoms with E-state index in [4.69, 9.17) is 5.73 Å². The lowest BCUT2D eigenvalue weighted by Crippen LogP contribution is -2.33. The maximum Gasteiger partial charge on any atom is 0.188 e. The Labute approximate surface area is 130 Å². The zero-order chi connectivity index (χ0) is 15.1. The summed E-state index contributed by atoms with van der Waals surface area (Å²) in [5.74, 6) is 0.502. The molecule has 0 atom stereocenters. The van der Waals surface area contributed by atoms with Crippen molar-refractivity contribution >= 4 is 23.0 Å². The Hall–Kier alpha value is -2.01. The predicted molar refractivity (Wildman–Crippen MR) is 92.1 cm³/mol. The number of aliphatic imine (C=N–C) groups is 1. The van der Waals surface area contributed by atoms with Crippen molar-refractivity contribution in [2.45, 2.75) is 13.0 Å². The molecule has 0 unspecified atom stereocenters.